The number of anilines is 2. The normalized spacial score (nSPS) is 21.2. The summed E-state index contributed by atoms with van der Waals surface area (Å²) in [5, 5.41) is 12.5. The van der Waals surface area contributed by atoms with Crippen molar-refractivity contribution in [3.63, 3.8) is 0 Å². The first kappa shape index (κ1) is 34.7. The third kappa shape index (κ3) is 8.35. The van der Waals surface area contributed by atoms with Gasteiger partial charge in [0.2, 0.25) is 0 Å². The minimum atomic E-state index is -1.71. The van der Waals surface area contributed by atoms with Crippen LogP contribution in [0.4, 0.5) is 15.9 Å². The maximum Gasteiger partial charge on any atom is 0.326 e. The number of piperidine rings is 1. The Morgan fingerprint density at radius 3 is 2.51 bits per heavy atom. The van der Waals surface area contributed by atoms with Gasteiger partial charge in [-0.3, -0.25) is 9.69 Å². The highest BCUT2D eigenvalue weighted by atomic mass is 28.4. The molecule has 1 N–H and O–H groups in total. The molecule has 10 nitrogen and oxygen atoms in total. The number of rotatable bonds is 11. The van der Waals surface area contributed by atoms with Crippen LogP contribution in [0.3, 0.4) is 0 Å². The second-order valence-corrected chi connectivity index (χ2v) is 18.7. The molecule has 258 valence electrons. The van der Waals surface area contributed by atoms with Crippen LogP contribution in [0, 0.1) is 23.1 Å². The van der Waals surface area contributed by atoms with Crippen LogP contribution in [0.2, 0.25) is 19.6 Å². The van der Waals surface area contributed by atoms with Gasteiger partial charge in [-0.05, 0) is 106 Å². The first-order valence-electron chi connectivity index (χ1n) is 17.2. The average Bonchev–Trinajstić information content (AvgIpc) is 3.92. The van der Waals surface area contributed by atoms with Gasteiger partial charge >= 0.3 is 5.97 Å². The molecule has 49 heavy (non-hydrogen) atoms. The molecule has 3 aliphatic rings. The Bertz CT molecular complexity index is 1710. The van der Waals surface area contributed by atoms with Gasteiger partial charge in [0, 0.05) is 49.8 Å². The highest BCUT2D eigenvalue weighted by Gasteiger charge is 2.56. The van der Waals surface area contributed by atoms with E-state index in [1.807, 2.05) is 12.1 Å². The van der Waals surface area contributed by atoms with Gasteiger partial charge in [0.15, 0.2) is 25.7 Å². The zero-order chi connectivity index (χ0) is 34.6. The van der Waals surface area contributed by atoms with Crippen molar-refractivity contribution in [2.45, 2.75) is 88.8 Å². The van der Waals surface area contributed by atoms with Crippen molar-refractivity contribution in [2.24, 2.45) is 5.92 Å². The number of aromatic nitrogens is 3. The molecule has 12 heteroatoms. The number of methoxy groups -OCH3 is 1. The Balaban J connectivity index is 1.09. The summed E-state index contributed by atoms with van der Waals surface area (Å²) in [4.78, 5) is 28.3. The molecule has 1 saturated heterocycles. The van der Waals surface area contributed by atoms with E-state index >= 15 is 4.39 Å². The predicted molar refractivity (Wildman–Crippen MR) is 188 cm³/mol. The average molecular weight is 685 g/mol. The summed E-state index contributed by atoms with van der Waals surface area (Å²) in [6, 6.07) is 11.1. The highest BCUT2D eigenvalue weighted by molar-refractivity contribution is 6.69. The number of benzene rings is 1. The molecule has 1 saturated carbocycles. The van der Waals surface area contributed by atoms with Crippen LogP contribution in [0.5, 0.6) is 5.75 Å². The lowest BCUT2D eigenvalue weighted by Crippen LogP contribution is -2.49. The number of nitrogens with one attached hydrogen (secondary N) is 1. The Morgan fingerprint density at radius 2 is 1.84 bits per heavy atom. The van der Waals surface area contributed by atoms with E-state index in [9.17, 15) is 10.1 Å². The molecule has 0 spiro atoms. The molecular formula is C37H45FN6O4Si. The van der Waals surface area contributed by atoms with Crippen molar-refractivity contribution in [2.75, 3.05) is 25.5 Å². The van der Waals surface area contributed by atoms with E-state index in [0.29, 0.717) is 44.0 Å². The minimum Gasteiger partial charge on any atom is -0.487 e. The topological polar surface area (TPSA) is 122 Å². The van der Waals surface area contributed by atoms with E-state index in [1.54, 1.807) is 36.8 Å². The monoisotopic (exact) mass is 684 g/mol. The second kappa shape index (κ2) is 14.7. The van der Waals surface area contributed by atoms with Gasteiger partial charge in [-0.25, -0.2) is 19.3 Å². The Labute approximate surface area is 288 Å². The van der Waals surface area contributed by atoms with Gasteiger partial charge in [-0.1, -0.05) is 12.1 Å². The SMILES string of the molecule is COC(=O)C1(N2CCC(Oc3cccc(Nc4cc(-c5cnc(C6=CC(CC#N)CC(O[Si](C)(C)C)CC6)nc5)ccn4)c3F)CC2)CC1. The standard InChI is InChI=1S/C37H45FN6O4Si/c1-46-36(45)37(14-15-37)44-18-12-29(13-19-44)47-32-7-5-6-31(34(32)38)43-33-22-26(11-17-40-33)28-23-41-35(42-24-28)27-8-9-30(48-49(2,3)4)21-25(20-27)10-16-39/h5-7,11,17,20,22-25,29-30H,8-10,12-15,18-19,21H2,1-4H3,(H,40,43). The van der Waals surface area contributed by atoms with Crippen molar-refractivity contribution < 1.29 is 23.1 Å². The third-order valence-corrected chi connectivity index (χ3v) is 10.5. The van der Waals surface area contributed by atoms with Crippen LogP contribution < -0.4 is 10.1 Å². The lowest BCUT2D eigenvalue weighted by molar-refractivity contribution is -0.149. The van der Waals surface area contributed by atoms with E-state index in [1.165, 1.54) is 7.11 Å². The largest absolute Gasteiger partial charge is 0.487 e. The number of esters is 1. The maximum atomic E-state index is 15.7. The third-order valence-electron chi connectivity index (χ3n) is 9.50. The van der Waals surface area contributed by atoms with Crippen LogP contribution in [0.25, 0.3) is 16.7 Å². The molecule has 2 aromatic heterocycles. The van der Waals surface area contributed by atoms with E-state index < -0.39 is 19.7 Å². The second-order valence-electron chi connectivity index (χ2n) is 14.2. The molecule has 2 unspecified atom stereocenters. The van der Waals surface area contributed by atoms with Crippen molar-refractivity contribution in [1.29, 1.82) is 5.26 Å². The lowest BCUT2D eigenvalue weighted by atomic mass is 9.98. The Hall–Kier alpha value is -4.18. The fraction of sp³-hybridized carbons (Fsp3) is 0.486. The summed E-state index contributed by atoms with van der Waals surface area (Å²) in [5.41, 5.74) is 2.47. The number of halogens is 1. The molecule has 6 rings (SSSR count). The number of likely N-dealkylation sites (tertiary alicyclic amines) is 1. The molecule has 2 aliphatic carbocycles. The molecule has 1 aliphatic heterocycles. The van der Waals surface area contributed by atoms with Crippen LogP contribution in [0.1, 0.15) is 57.2 Å². The minimum absolute atomic E-state index is 0.103. The highest BCUT2D eigenvalue weighted by Crippen LogP contribution is 2.44. The number of ether oxygens (including phenoxy) is 2. The molecular weight excluding hydrogens is 640 g/mol. The number of allylic oxidation sites excluding steroid dienone is 2. The van der Waals surface area contributed by atoms with Crippen LogP contribution in [-0.4, -0.2) is 72.1 Å². The predicted octanol–water partition coefficient (Wildman–Crippen LogP) is 7.29. The van der Waals surface area contributed by atoms with E-state index in [2.05, 4.69) is 47.0 Å². The summed E-state index contributed by atoms with van der Waals surface area (Å²) in [6.07, 6.45) is 13.4. The number of pyridine rings is 1. The number of nitriles is 1. The number of nitrogens with zero attached hydrogens (tertiary/aromatic N) is 5. The molecule has 0 bridgehead atoms. The summed E-state index contributed by atoms with van der Waals surface area (Å²) >= 11 is 0. The summed E-state index contributed by atoms with van der Waals surface area (Å²) in [5.74, 6) is 0.767. The van der Waals surface area contributed by atoms with Gasteiger partial charge in [-0.2, -0.15) is 5.26 Å². The van der Waals surface area contributed by atoms with Gasteiger partial charge < -0.3 is 19.2 Å². The van der Waals surface area contributed by atoms with Crippen molar-refractivity contribution in [3.05, 3.63) is 66.6 Å². The smallest absolute Gasteiger partial charge is 0.326 e. The Kier molecular flexibility index (Phi) is 10.4. The quantitative estimate of drug-likeness (QED) is 0.163. The number of carbonyl (C=O) groups excluding carboxylic acids is 1. The molecule has 0 radical (unpaired) electrons. The van der Waals surface area contributed by atoms with E-state index in [4.69, 9.17) is 23.9 Å². The van der Waals surface area contributed by atoms with Crippen LogP contribution >= 0.6 is 0 Å². The molecule has 2 atom stereocenters. The van der Waals surface area contributed by atoms with Crippen molar-refractivity contribution in [1.82, 2.24) is 19.9 Å². The first-order valence-corrected chi connectivity index (χ1v) is 20.6. The molecule has 1 aromatic carbocycles. The number of hydrogen-bond donors (Lipinski definition) is 1. The lowest BCUT2D eigenvalue weighted by Gasteiger charge is -2.36. The van der Waals surface area contributed by atoms with Crippen LogP contribution in [0.15, 0.2) is 55.0 Å². The fourth-order valence-corrected chi connectivity index (χ4v) is 8.17. The fourth-order valence-electron chi connectivity index (χ4n) is 6.96. The Morgan fingerprint density at radius 1 is 1.08 bits per heavy atom. The summed E-state index contributed by atoms with van der Waals surface area (Å²) < 4.78 is 33.2. The van der Waals surface area contributed by atoms with Gasteiger partial charge in [0.25, 0.3) is 0 Å². The zero-order valence-electron chi connectivity index (χ0n) is 28.7. The zero-order valence-corrected chi connectivity index (χ0v) is 29.7. The number of hydrogen-bond acceptors (Lipinski definition) is 10. The first-order chi connectivity index (χ1) is 23.6. The number of carbonyl (C=O) groups is 1. The van der Waals surface area contributed by atoms with Gasteiger partial charge in [-0.15, -0.1) is 0 Å². The van der Waals surface area contributed by atoms with E-state index in [-0.39, 0.29) is 35.5 Å². The van der Waals surface area contributed by atoms with Crippen molar-refractivity contribution >= 4 is 31.4 Å². The summed E-state index contributed by atoms with van der Waals surface area (Å²) in [7, 11) is -0.274. The molecule has 0 amide bonds. The molecule has 3 heterocycles. The van der Waals surface area contributed by atoms with Crippen LogP contribution in [-0.2, 0) is 14.0 Å². The van der Waals surface area contributed by atoms with E-state index in [0.717, 1.165) is 48.8 Å². The molecule has 2 fully saturated rings. The molecule has 3 aromatic rings. The van der Waals surface area contributed by atoms with Crippen molar-refractivity contribution in [3.8, 4) is 22.9 Å². The van der Waals surface area contributed by atoms with Gasteiger partial charge in [0.05, 0.1) is 18.9 Å². The maximum absolute atomic E-state index is 15.7. The van der Waals surface area contributed by atoms with Gasteiger partial charge in [0.1, 0.15) is 17.5 Å². The summed E-state index contributed by atoms with van der Waals surface area (Å²) in [6.45, 7) is 7.99.